The monoisotopic (exact) mass is 134 g/mol. The molecule has 0 spiro atoms. The van der Waals surface area contributed by atoms with Crippen molar-refractivity contribution >= 4 is 0 Å². The Morgan fingerprint density at radius 3 is 2.11 bits per heavy atom. The molecule has 8 N–H and O–H groups in total. The zero-order valence-electron chi connectivity index (χ0n) is 5.65. The summed E-state index contributed by atoms with van der Waals surface area (Å²) in [6.45, 7) is 3.69. The maximum absolute atomic E-state index is 5.13. The van der Waals surface area contributed by atoms with Crippen LogP contribution >= 0.6 is 0 Å². The van der Waals surface area contributed by atoms with Crippen LogP contribution in [0, 0.1) is 0 Å². The van der Waals surface area contributed by atoms with E-state index in [2.05, 4.69) is 21.9 Å². The number of rotatable bonds is 4. The van der Waals surface area contributed by atoms with Crippen molar-refractivity contribution in [2.75, 3.05) is 0 Å². The molecule has 0 unspecified atom stereocenters. The predicted molar refractivity (Wildman–Crippen MR) is 35.0 cm³/mol. The third kappa shape index (κ3) is 4.28. The normalized spacial score (nSPS) is 12.0. The van der Waals surface area contributed by atoms with Crippen LogP contribution < -0.4 is 33.6 Å². The second-order valence-corrected chi connectivity index (χ2v) is 2.16. The summed E-state index contributed by atoms with van der Waals surface area (Å²) >= 11 is 0. The van der Waals surface area contributed by atoms with Crippen LogP contribution in [0.3, 0.4) is 0 Å². The first kappa shape index (κ1) is 8.76. The Hall–Kier alpha value is -0.240. The molecule has 0 aromatic rings. The molecule has 0 bridgehead atoms. The Kier molecular flexibility index (Phi) is 3.62. The molecule has 0 fully saturated rings. The molecule has 0 aromatic carbocycles. The minimum Gasteiger partial charge on any atom is -0.270 e. The van der Waals surface area contributed by atoms with E-state index in [-0.39, 0.29) is 5.66 Å². The fourth-order valence-electron chi connectivity index (χ4n) is 0.228. The minimum absolute atomic E-state index is 0.383. The summed E-state index contributed by atoms with van der Waals surface area (Å²) in [6.07, 6.45) is 0. The molecule has 56 valence electrons. The fraction of sp³-hybridized carbons (Fsp3) is 1.00. The molecule has 0 atom stereocenters. The number of nitrogens with two attached hydrogens (primary N) is 2. The molecule has 0 heterocycles. The summed E-state index contributed by atoms with van der Waals surface area (Å²) in [5.41, 5.74) is 9.54. The standard InChI is InChI=1S/C3H14N6/c1-3(2,6-4)7-9-8-5/h6-9H,4-5H2,1-2H3. The molecular weight excluding hydrogens is 120 g/mol. The van der Waals surface area contributed by atoms with Crippen molar-refractivity contribution < 1.29 is 0 Å². The Labute approximate surface area is 54.2 Å². The van der Waals surface area contributed by atoms with Crippen LogP contribution in [0.15, 0.2) is 0 Å². The first-order chi connectivity index (χ1) is 4.12. The molecule has 0 rings (SSSR count). The third-order valence-electron chi connectivity index (χ3n) is 0.808. The zero-order valence-corrected chi connectivity index (χ0v) is 5.65. The largest absolute Gasteiger partial charge is 0.270 e. The Morgan fingerprint density at radius 2 is 1.78 bits per heavy atom. The van der Waals surface area contributed by atoms with Gasteiger partial charge in [0.2, 0.25) is 0 Å². The summed E-state index contributed by atoms with van der Waals surface area (Å²) < 4.78 is 0. The van der Waals surface area contributed by atoms with Crippen LogP contribution in [-0.4, -0.2) is 5.66 Å². The van der Waals surface area contributed by atoms with Crippen LogP contribution in [0.5, 0.6) is 0 Å². The first-order valence-corrected chi connectivity index (χ1v) is 2.58. The zero-order chi connectivity index (χ0) is 7.33. The molecule has 0 amide bonds. The summed E-state index contributed by atoms with van der Waals surface area (Å²) in [4.78, 5) is 0. The summed E-state index contributed by atoms with van der Waals surface area (Å²) in [7, 11) is 0. The molecule has 6 heteroatoms. The topological polar surface area (TPSA) is 100 Å². The molecule has 9 heavy (non-hydrogen) atoms. The van der Waals surface area contributed by atoms with E-state index in [0.717, 1.165) is 0 Å². The molecular formula is C3H14N6. The molecule has 0 aliphatic heterocycles. The van der Waals surface area contributed by atoms with Crippen molar-refractivity contribution in [2.24, 2.45) is 11.7 Å². The van der Waals surface area contributed by atoms with Gasteiger partial charge in [-0.05, 0) is 13.8 Å². The maximum Gasteiger partial charge on any atom is 0.0897 e. The van der Waals surface area contributed by atoms with Gasteiger partial charge in [-0.2, -0.15) is 11.1 Å². The van der Waals surface area contributed by atoms with Crippen molar-refractivity contribution in [2.45, 2.75) is 19.5 Å². The molecule has 0 aliphatic rings. The van der Waals surface area contributed by atoms with E-state index in [0.29, 0.717) is 0 Å². The van der Waals surface area contributed by atoms with Crippen LogP contribution in [0.25, 0.3) is 0 Å². The number of hydrogen-bond acceptors (Lipinski definition) is 6. The number of nitrogens with one attached hydrogen (secondary N) is 4. The van der Waals surface area contributed by atoms with Crippen LogP contribution in [0.1, 0.15) is 13.8 Å². The molecule has 0 saturated carbocycles. The van der Waals surface area contributed by atoms with Crippen LogP contribution in [0.4, 0.5) is 0 Å². The molecule has 0 aliphatic carbocycles. The molecule has 6 nitrogen and oxygen atoms in total. The highest BCUT2D eigenvalue weighted by atomic mass is 15.7. The lowest BCUT2D eigenvalue weighted by Crippen LogP contribution is -2.63. The van der Waals surface area contributed by atoms with E-state index in [4.69, 9.17) is 11.7 Å². The lowest BCUT2D eigenvalue weighted by atomic mass is 10.3. The Bertz CT molecular complexity index is 70.7. The minimum atomic E-state index is -0.383. The second-order valence-electron chi connectivity index (χ2n) is 2.16. The van der Waals surface area contributed by atoms with E-state index in [1.165, 1.54) is 0 Å². The smallest absolute Gasteiger partial charge is 0.0897 e. The Balaban J connectivity index is 3.33. The summed E-state index contributed by atoms with van der Waals surface area (Å²) in [5, 5.41) is 0. The fourth-order valence-corrected chi connectivity index (χ4v) is 0.228. The van der Waals surface area contributed by atoms with Gasteiger partial charge >= 0.3 is 0 Å². The van der Waals surface area contributed by atoms with E-state index in [1.807, 2.05) is 13.8 Å². The number of hydrazine groups is 4. The molecule has 0 radical (unpaired) electrons. The van der Waals surface area contributed by atoms with Crippen molar-refractivity contribution in [3.8, 4) is 0 Å². The van der Waals surface area contributed by atoms with E-state index < -0.39 is 0 Å². The highest BCUT2D eigenvalue weighted by molar-refractivity contribution is 4.66. The van der Waals surface area contributed by atoms with Gasteiger partial charge in [0, 0.05) is 0 Å². The summed E-state index contributed by atoms with van der Waals surface area (Å²) in [6, 6.07) is 0. The van der Waals surface area contributed by atoms with Gasteiger partial charge in [-0.15, -0.1) is 0 Å². The van der Waals surface area contributed by atoms with Gasteiger partial charge in [-0.1, -0.05) is 0 Å². The van der Waals surface area contributed by atoms with Gasteiger partial charge in [0.1, 0.15) is 0 Å². The van der Waals surface area contributed by atoms with Gasteiger partial charge in [0.25, 0.3) is 0 Å². The Morgan fingerprint density at radius 1 is 1.22 bits per heavy atom. The van der Waals surface area contributed by atoms with Gasteiger partial charge in [-0.3, -0.25) is 11.7 Å². The van der Waals surface area contributed by atoms with E-state index in [9.17, 15) is 0 Å². The van der Waals surface area contributed by atoms with Crippen molar-refractivity contribution in [3.63, 3.8) is 0 Å². The van der Waals surface area contributed by atoms with Crippen molar-refractivity contribution in [1.29, 1.82) is 0 Å². The average Bonchev–Trinajstić information content (AvgIpc) is 1.84. The summed E-state index contributed by atoms with van der Waals surface area (Å²) in [5.74, 6) is 10.0. The molecule has 0 aromatic heterocycles. The highest BCUT2D eigenvalue weighted by Gasteiger charge is 2.11. The van der Waals surface area contributed by atoms with Crippen LogP contribution in [0.2, 0.25) is 0 Å². The van der Waals surface area contributed by atoms with Crippen molar-refractivity contribution in [1.82, 2.24) is 21.9 Å². The van der Waals surface area contributed by atoms with E-state index >= 15 is 0 Å². The van der Waals surface area contributed by atoms with E-state index in [1.54, 1.807) is 0 Å². The third-order valence-corrected chi connectivity index (χ3v) is 0.808. The predicted octanol–water partition coefficient (Wildman–Crippen LogP) is -2.34. The van der Waals surface area contributed by atoms with Gasteiger partial charge in [0.15, 0.2) is 0 Å². The van der Waals surface area contributed by atoms with Crippen LogP contribution in [-0.2, 0) is 0 Å². The SMILES string of the molecule is CC(C)(NN)NNNN. The van der Waals surface area contributed by atoms with Gasteiger partial charge < -0.3 is 0 Å². The quantitative estimate of drug-likeness (QED) is 0.146. The lowest BCUT2D eigenvalue weighted by Gasteiger charge is -2.24. The molecule has 0 saturated heterocycles. The average molecular weight is 134 g/mol. The highest BCUT2D eigenvalue weighted by Crippen LogP contribution is 1.88. The van der Waals surface area contributed by atoms with Crippen molar-refractivity contribution in [3.05, 3.63) is 0 Å². The second kappa shape index (κ2) is 3.72. The number of hydrogen-bond donors (Lipinski definition) is 6. The van der Waals surface area contributed by atoms with Gasteiger partial charge in [0.05, 0.1) is 5.66 Å². The maximum atomic E-state index is 5.13. The van der Waals surface area contributed by atoms with Gasteiger partial charge in [-0.25, -0.2) is 10.9 Å². The lowest BCUT2D eigenvalue weighted by molar-refractivity contribution is 0.248. The first-order valence-electron chi connectivity index (χ1n) is 2.58.